The number of hydrogen-bond donors (Lipinski definition) is 3. The van der Waals surface area contributed by atoms with Gasteiger partial charge in [0, 0.05) is 29.3 Å². The normalized spacial score (nSPS) is 12.9. The fourth-order valence-corrected chi connectivity index (χ4v) is 4.74. The summed E-state index contributed by atoms with van der Waals surface area (Å²) >= 11 is 0. The van der Waals surface area contributed by atoms with Gasteiger partial charge in [0.1, 0.15) is 11.5 Å². The summed E-state index contributed by atoms with van der Waals surface area (Å²) in [4.78, 5) is 22.0. The van der Waals surface area contributed by atoms with E-state index < -0.39 is 15.1 Å². The van der Waals surface area contributed by atoms with Gasteiger partial charge in [-0.05, 0) is 36.2 Å². The minimum atomic E-state index is -3.23. The van der Waals surface area contributed by atoms with E-state index in [1.165, 1.54) is 14.2 Å². The largest absolute Gasteiger partial charge is 0.497 e. The standard InChI is InChI=1S/C28H31N5O5S/c1-28(2,3)27(34)29-18-10-9-11-22(14-18)39(6,36)32-25-26(31-24-13-8-7-12-23(24)30-25)33(35)19-15-20(37-4)17-21(16-19)38-5/h7-17,35H,6H2,1-5H3,(H,29,34)(H,30,32,36). The van der Waals surface area contributed by atoms with Crippen LogP contribution in [-0.2, 0) is 14.5 Å². The van der Waals surface area contributed by atoms with Gasteiger partial charge in [-0.1, -0.05) is 39.0 Å². The van der Waals surface area contributed by atoms with Crippen molar-refractivity contribution in [3.05, 3.63) is 66.7 Å². The van der Waals surface area contributed by atoms with Crippen molar-refractivity contribution in [3.8, 4) is 11.5 Å². The highest BCUT2D eigenvalue weighted by molar-refractivity contribution is 8.01. The molecule has 0 aliphatic rings. The topological polar surface area (TPSA) is 126 Å². The molecule has 10 nitrogen and oxygen atoms in total. The van der Waals surface area contributed by atoms with Crippen molar-refractivity contribution in [1.29, 1.82) is 0 Å². The van der Waals surface area contributed by atoms with Crippen molar-refractivity contribution < 1.29 is 23.7 Å². The number of para-hydroxylation sites is 2. The van der Waals surface area contributed by atoms with Crippen LogP contribution in [0.1, 0.15) is 20.8 Å². The zero-order chi connectivity index (χ0) is 28.4. The van der Waals surface area contributed by atoms with E-state index in [0.29, 0.717) is 33.1 Å². The molecule has 0 saturated carbocycles. The van der Waals surface area contributed by atoms with Crippen LogP contribution in [0.25, 0.3) is 11.0 Å². The van der Waals surface area contributed by atoms with E-state index in [1.54, 1.807) is 87.5 Å². The van der Waals surface area contributed by atoms with Gasteiger partial charge in [0.05, 0.1) is 45.5 Å². The number of anilines is 4. The maximum absolute atomic E-state index is 13.9. The van der Waals surface area contributed by atoms with Crippen LogP contribution in [0, 0.1) is 5.41 Å². The number of nitrogens with one attached hydrogen (secondary N) is 2. The SMILES string of the molecule is C=S(=O)(Nc1nc2ccccc2nc1N(O)c1cc(OC)cc(OC)c1)c1cccc(NC(=O)C(C)(C)C)c1. The molecule has 0 saturated heterocycles. The molecule has 1 aromatic heterocycles. The number of aromatic nitrogens is 2. The van der Waals surface area contributed by atoms with Crippen LogP contribution in [0.4, 0.5) is 23.0 Å². The van der Waals surface area contributed by atoms with E-state index in [2.05, 4.69) is 25.9 Å². The predicted octanol–water partition coefficient (Wildman–Crippen LogP) is 5.26. The first-order valence-electron chi connectivity index (χ1n) is 12.0. The van der Waals surface area contributed by atoms with Crippen LogP contribution in [-0.4, -0.2) is 45.4 Å². The average molecular weight is 550 g/mol. The molecule has 11 heteroatoms. The smallest absolute Gasteiger partial charge is 0.229 e. The van der Waals surface area contributed by atoms with E-state index in [-0.39, 0.29) is 23.2 Å². The lowest BCUT2D eigenvalue weighted by atomic mass is 9.95. The van der Waals surface area contributed by atoms with Gasteiger partial charge >= 0.3 is 0 Å². The number of carbonyl (C=O) groups is 1. The highest BCUT2D eigenvalue weighted by Crippen LogP contribution is 2.35. The monoisotopic (exact) mass is 549 g/mol. The summed E-state index contributed by atoms with van der Waals surface area (Å²) in [6.45, 7) is 5.41. The third-order valence-corrected chi connectivity index (χ3v) is 7.29. The molecule has 3 aromatic carbocycles. The number of fused-ring (bicyclic) bond motifs is 1. The van der Waals surface area contributed by atoms with Crippen molar-refractivity contribution in [2.45, 2.75) is 25.7 Å². The minimum Gasteiger partial charge on any atom is -0.497 e. The number of nitrogens with zero attached hydrogens (tertiary/aromatic N) is 3. The van der Waals surface area contributed by atoms with Gasteiger partial charge in [-0.25, -0.2) is 19.2 Å². The van der Waals surface area contributed by atoms with Crippen molar-refractivity contribution in [1.82, 2.24) is 9.97 Å². The Hall–Kier alpha value is -4.35. The first-order valence-corrected chi connectivity index (χ1v) is 13.7. The molecule has 1 amide bonds. The van der Waals surface area contributed by atoms with Crippen LogP contribution >= 0.6 is 0 Å². The number of methoxy groups -OCH3 is 2. The van der Waals surface area contributed by atoms with Gasteiger partial charge in [-0.15, -0.1) is 0 Å². The maximum atomic E-state index is 13.9. The van der Waals surface area contributed by atoms with E-state index in [4.69, 9.17) is 9.47 Å². The van der Waals surface area contributed by atoms with Crippen molar-refractivity contribution in [3.63, 3.8) is 0 Å². The summed E-state index contributed by atoms with van der Waals surface area (Å²) < 4.78 is 27.4. The Bertz CT molecular complexity index is 1610. The van der Waals surface area contributed by atoms with E-state index in [9.17, 15) is 14.2 Å². The summed E-state index contributed by atoms with van der Waals surface area (Å²) in [7, 11) is -0.233. The zero-order valence-corrected chi connectivity index (χ0v) is 23.2. The van der Waals surface area contributed by atoms with Crippen LogP contribution < -0.4 is 24.6 Å². The Morgan fingerprint density at radius 2 is 1.56 bits per heavy atom. The Morgan fingerprint density at radius 3 is 2.15 bits per heavy atom. The number of ether oxygens (including phenoxy) is 2. The second kappa shape index (κ2) is 10.8. The molecule has 0 fully saturated rings. The minimum absolute atomic E-state index is 0.0161. The molecule has 0 radical (unpaired) electrons. The van der Waals surface area contributed by atoms with Crippen LogP contribution in [0.15, 0.2) is 71.6 Å². The summed E-state index contributed by atoms with van der Waals surface area (Å²) in [5.41, 5.74) is 1.17. The van der Waals surface area contributed by atoms with Gasteiger partial charge in [0.25, 0.3) is 0 Å². The van der Waals surface area contributed by atoms with Crippen molar-refractivity contribution >= 4 is 55.5 Å². The molecule has 204 valence electrons. The van der Waals surface area contributed by atoms with Gasteiger partial charge in [0.2, 0.25) is 11.7 Å². The van der Waals surface area contributed by atoms with Crippen molar-refractivity contribution in [2.24, 2.45) is 5.41 Å². The molecule has 4 rings (SSSR count). The molecule has 1 atom stereocenters. The molecule has 0 aliphatic heterocycles. The molecule has 0 aliphatic carbocycles. The highest BCUT2D eigenvalue weighted by atomic mass is 32.2. The van der Waals surface area contributed by atoms with Crippen LogP contribution in [0.2, 0.25) is 0 Å². The Morgan fingerprint density at radius 1 is 0.949 bits per heavy atom. The lowest BCUT2D eigenvalue weighted by Crippen LogP contribution is -2.27. The molecular weight excluding hydrogens is 518 g/mol. The van der Waals surface area contributed by atoms with Crippen LogP contribution in [0.5, 0.6) is 11.5 Å². The quantitative estimate of drug-likeness (QED) is 0.201. The third-order valence-electron chi connectivity index (χ3n) is 5.75. The summed E-state index contributed by atoms with van der Waals surface area (Å²) in [6.07, 6.45) is 0. The van der Waals surface area contributed by atoms with Crippen LogP contribution in [0.3, 0.4) is 0 Å². The predicted molar refractivity (Wildman–Crippen MR) is 155 cm³/mol. The zero-order valence-electron chi connectivity index (χ0n) is 22.4. The van der Waals surface area contributed by atoms with E-state index >= 15 is 0 Å². The summed E-state index contributed by atoms with van der Waals surface area (Å²) in [5.74, 6) is 4.63. The van der Waals surface area contributed by atoms with Crippen molar-refractivity contribution in [2.75, 3.05) is 29.3 Å². The van der Waals surface area contributed by atoms with Gasteiger partial charge in [-0.2, -0.15) is 0 Å². The van der Waals surface area contributed by atoms with E-state index in [1.807, 2.05) is 0 Å². The van der Waals surface area contributed by atoms with E-state index in [0.717, 1.165) is 5.06 Å². The molecule has 0 bridgehead atoms. The first kappa shape index (κ1) is 27.7. The number of carbonyl (C=O) groups excluding carboxylic acids is 1. The Balaban J connectivity index is 1.76. The average Bonchev–Trinajstić information content (AvgIpc) is 2.91. The number of amides is 1. The number of rotatable bonds is 8. The Labute approximate surface area is 227 Å². The lowest BCUT2D eigenvalue weighted by molar-refractivity contribution is -0.123. The van der Waals surface area contributed by atoms with Gasteiger partial charge < -0.3 is 14.8 Å². The second-order valence-corrected chi connectivity index (χ2v) is 11.8. The fraction of sp³-hybridized carbons (Fsp3) is 0.214. The third kappa shape index (κ3) is 6.21. The molecule has 0 spiro atoms. The molecule has 3 N–H and O–H groups in total. The first-order chi connectivity index (χ1) is 18.4. The fourth-order valence-electron chi connectivity index (χ4n) is 3.56. The second-order valence-electron chi connectivity index (χ2n) is 9.78. The summed E-state index contributed by atoms with van der Waals surface area (Å²) in [6, 6.07) is 18.5. The van der Waals surface area contributed by atoms with Gasteiger partial charge in [0.15, 0.2) is 5.82 Å². The lowest BCUT2D eigenvalue weighted by Gasteiger charge is -2.22. The number of benzene rings is 3. The van der Waals surface area contributed by atoms with Gasteiger partial charge in [-0.3, -0.25) is 14.7 Å². The molecule has 1 heterocycles. The summed E-state index contributed by atoms with van der Waals surface area (Å²) in [5, 5.41) is 14.9. The molecule has 1 unspecified atom stereocenters. The molecule has 39 heavy (non-hydrogen) atoms. The maximum Gasteiger partial charge on any atom is 0.229 e. The molecular formula is C28H31N5O5S. The Kier molecular flexibility index (Phi) is 7.66. The molecule has 4 aromatic rings. The highest BCUT2D eigenvalue weighted by Gasteiger charge is 2.23. The number of hydrogen-bond acceptors (Lipinski definition) is 8.